The van der Waals surface area contributed by atoms with Crippen molar-refractivity contribution in [2.75, 3.05) is 27.7 Å². The quantitative estimate of drug-likeness (QED) is 0.456. The third-order valence-corrected chi connectivity index (χ3v) is 4.35. The van der Waals surface area contributed by atoms with Crippen LogP contribution in [-0.2, 0) is 4.84 Å². The largest absolute Gasteiger partial charge is 0.497 e. The summed E-state index contributed by atoms with van der Waals surface area (Å²) in [7, 11) is 5.72. The summed E-state index contributed by atoms with van der Waals surface area (Å²) >= 11 is 0. The fourth-order valence-corrected chi connectivity index (χ4v) is 3.13. The van der Waals surface area contributed by atoms with Crippen molar-refractivity contribution in [1.82, 2.24) is 4.90 Å². The molecule has 0 fully saturated rings. The molecule has 27 heavy (non-hydrogen) atoms. The van der Waals surface area contributed by atoms with E-state index in [-0.39, 0.29) is 6.10 Å². The van der Waals surface area contributed by atoms with Gasteiger partial charge in [-0.1, -0.05) is 47.6 Å². The Bertz CT molecular complexity index is 912. The molecular weight excluding hydrogens is 336 g/mol. The molecule has 0 saturated heterocycles. The summed E-state index contributed by atoms with van der Waals surface area (Å²) in [6.07, 6.45) is -0.0109. The monoisotopic (exact) mass is 362 g/mol. The molecule has 3 aromatic carbocycles. The Balaban J connectivity index is 2.05. The number of oxime groups is 1. The zero-order valence-corrected chi connectivity index (χ0v) is 16.3. The van der Waals surface area contributed by atoms with E-state index in [0.717, 1.165) is 34.5 Å². The average molecular weight is 362 g/mol. The van der Waals surface area contributed by atoms with Crippen molar-refractivity contribution in [2.45, 2.75) is 13.0 Å². The SMILES string of the molecule is COc1ccc(/C(=N\OC(C)CN(C)C)c2cccc3ccccc23)cc1. The van der Waals surface area contributed by atoms with Crippen LogP contribution in [0, 0.1) is 0 Å². The Kier molecular flexibility index (Phi) is 6.09. The molecule has 0 bridgehead atoms. The van der Waals surface area contributed by atoms with Crippen molar-refractivity contribution in [3.63, 3.8) is 0 Å². The highest BCUT2D eigenvalue weighted by atomic mass is 16.6. The van der Waals surface area contributed by atoms with Crippen LogP contribution in [0.15, 0.2) is 71.9 Å². The van der Waals surface area contributed by atoms with Crippen LogP contribution in [0.3, 0.4) is 0 Å². The molecule has 0 heterocycles. The maximum absolute atomic E-state index is 5.84. The van der Waals surface area contributed by atoms with Crippen molar-refractivity contribution < 1.29 is 9.57 Å². The minimum atomic E-state index is -0.0109. The van der Waals surface area contributed by atoms with Gasteiger partial charge in [0.05, 0.1) is 7.11 Å². The van der Waals surface area contributed by atoms with Crippen LogP contribution in [0.2, 0.25) is 0 Å². The molecule has 1 atom stereocenters. The van der Waals surface area contributed by atoms with Gasteiger partial charge in [-0.3, -0.25) is 0 Å². The Morgan fingerprint density at radius 1 is 0.963 bits per heavy atom. The standard InChI is InChI=1S/C23H26N2O2/c1-17(16-25(2)3)27-24-23(19-12-14-20(26-4)15-13-19)22-11-7-9-18-8-5-6-10-21(18)22/h5-15,17H,16H2,1-4H3/b24-23+. The van der Waals surface area contributed by atoms with E-state index < -0.39 is 0 Å². The smallest absolute Gasteiger partial charge is 0.137 e. The van der Waals surface area contributed by atoms with Crippen LogP contribution in [0.1, 0.15) is 18.1 Å². The van der Waals surface area contributed by atoms with Crippen LogP contribution in [0.5, 0.6) is 5.75 Å². The van der Waals surface area contributed by atoms with Crippen LogP contribution >= 0.6 is 0 Å². The number of ether oxygens (including phenoxy) is 1. The van der Waals surface area contributed by atoms with Gasteiger partial charge >= 0.3 is 0 Å². The van der Waals surface area contributed by atoms with E-state index >= 15 is 0 Å². The minimum absolute atomic E-state index is 0.0109. The molecule has 0 spiro atoms. The maximum Gasteiger partial charge on any atom is 0.137 e. The lowest BCUT2D eigenvalue weighted by molar-refractivity contribution is 0.0537. The van der Waals surface area contributed by atoms with Crippen LogP contribution in [-0.4, -0.2) is 44.5 Å². The summed E-state index contributed by atoms with van der Waals surface area (Å²) in [5.41, 5.74) is 2.86. The highest BCUT2D eigenvalue weighted by molar-refractivity contribution is 6.19. The van der Waals surface area contributed by atoms with Crippen LogP contribution in [0.25, 0.3) is 10.8 Å². The van der Waals surface area contributed by atoms with Gasteiger partial charge in [0.2, 0.25) is 0 Å². The molecule has 0 radical (unpaired) electrons. The number of nitrogens with zero attached hydrogens (tertiary/aromatic N) is 2. The lowest BCUT2D eigenvalue weighted by atomic mass is 9.96. The van der Waals surface area contributed by atoms with Gasteiger partial charge in [0.25, 0.3) is 0 Å². The van der Waals surface area contributed by atoms with Crippen molar-refractivity contribution in [1.29, 1.82) is 0 Å². The summed E-state index contributed by atoms with van der Waals surface area (Å²) < 4.78 is 5.29. The zero-order valence-electron chi connectivity index (χ0n) is 16.3. The van der Waals surface area contributed by atoms with Gasteiger partial charge in [-0.2, -0.15) is 0 Å². The van der Waals surface area contributed by atoms with Crippen molar-refractivity contribution in [3.8, 4) is 5.75 Å². The molecular formula is C23H26N2O2. The van der Waals surface area contributed by atoms with Crippen molar-refractivity contribution in [3.05, 3.63) is 77.9 Å². The van der Waals surface area contributed by atoms with Gasteiger partial charge in [0.1, 0.15) is 17.6 Å². The summed E-state index contributed by atoms with van der Waals surface area (Å²) in [6.45, 7) is 2.83. The highest BCUT2D eigenvalue weighted by Crippen LogP contribution is 2.23. The van der Waals surface area contributed by atoms with E-state index in [4.69, 9.17) is 9.57 Å². The number of methoxy groups -OCH3 is 1. The maximum atomic E-state index is 5.84. The second-order valence-corrected chi connectivity index (χ2v) is 6.87. The van der Waals surface area contributed by atoms with Crippen molar-refractivity contribution >= 4 is 16.5 Å². The van der Waals surface area contributed by atoms with Gasteiger partial charge in [0, 0.05) is 17.7 Å². The molecule has 140 valence electrons. The number of hydrogen-bond donors (Lipinski definition) is 0. The van der Waals surface area contributed by atoms with Gasteiger partial charge in [-0.05, 0) is 56.1 Å². The summed E-state index contributed by atoms with van der Waals surface area (Å²) in [5, 5.41) is 6.90. The Morgan fingerprint density at radius 3 is 2.37 bits per heavy atom. The topological polar surface area (TPSA) is 34.1 Å². The molecule has 0 aliphatic heterocycles. The molecule has 0 aromatic heterocycles. The number of hydrogen-bond acceptors (Lipinski definition) is 4. The summed E-state index contributed by atoms with van der Waals surface area (Å²) in [4.78, 5) is 7.93. The summed E-state index contributed by atoms with van der Waals surface area (Å²) in [6, 6.07) is 22.5. The van der Waals surface area contributed by atoms with E-state index in [0.29, 0.717) is 0 Å². The molecule has 1 unspecified atom stereocenters. The van der Waals surface area contributed by atoms with Gasteiger partial charge in [0.15, 0.2) is 0 Å². The predicted molar refractivity (Wildman–Crippen MR) is 112 cm³/mol. The number of benzene rings is 3. The third-order valence-electron chi connectivity index (χ3n) is 4.35. The lowest BCUT2D eigenvalue weighted by Crippen LogP contribution is -2.25. The first kappa shape index (κ1) is 18.9. The lowest BCUT2D eigenvalue weighted by Gasteiger charge is -2.17. The Morgan fingerprint density at radius 2 is 1.67 bits per heavy atom. The average Bonchev–Trinajstić information content (AvgIpc) is 2.68. The molecule has 3 aromatic rings. The normalized spacial score (nSPS) is 13.0. The van der Waals surface area contributed by atoms with Gasteiger partial charge in [-0.25, -0.2) is 0 Å². The first-order chi connectivity index (χ1) is 13.1. The zero-order chi connectivity index (χ0) is 19.2. The first-order valence-corrected chi connectivity index (χ1v) is 9.09. The molecule has 0 saturated carbocycles. The Labute approximate surface area is 161 Å². The fourth-order valence-electron chi connectivity index (χ4n) is 3.13. The fraction of sp³-hybridized carbons (Fsp3) is 0.261. The van der Waals surface area contributed by atoms with Crippen molar-refractivity contribution in [2.24, 2.45) is 5.16 Å². The molecule has 0 aliphatic carbocycles. The molecule has 3 rings (SSSR count). The van der Waals surface area contributed by atoms with E-state index in [1.54, 1.807) is 7.11 Å². The van der Waals surface area contributed by atoms with E-state index in [9.17, 15) is 0 Å². The van der Waals surface area contributed by atoms with Gasteiger partial charge in [-0.15, -0.1) is 0 Å². The van der Waals surface area contributed by atoms with Gasteiger partial charge < -0.3 is 14.5 Å². The predicted octanol–water partition coefficient (Wildman–Crippen LogP) is 4.57. The van der Waals surface area contributed by atoms with Crippen LogP contribution in [0.4, 0.5) is 0 Å². The molecule has 4 heteroatoms. The number of fused-ring (bicyclic) bond motifs is 1. The molecule has 4 nitrogen and oxygen atoms in total. The first-order valence-electron chi connectivity index (χ1n) is 9.09. The molecule has 0 N–H and O–H groups in total. The third kappa shape index (κ3) is 4.66. The van der Waals surface area contributed by atoms with E-state index in [2.05, 4.69) is 40.4 Å². The number of rotatable bonds is 7. The van der Waals surface area contributed by atoms with Crippen LogP contribution < -0.4 is 4.74 Å². The second kappa shape index (κ2) is 8.69. The number of likely N-dealkylation sites (N-methyl/N-ethyl adjacent to an activating group) is 1. The second-order valence-electron chi connectivity index (χ2n) is 6.87. The summed E-state index contributed by atoms with van der Waals surface area (Å²) in [5.74, 6) is 0.818. The molecule has 0 amide bonds. The Hall–Kier alpha value is -2.85. The highest BCUT2D eigenvalue weighted by Gasteiger charge is 2.13. The van der Waals surface area contributed by atoms with E-state index in [1.165, 1.54) is 5.39 Å². The molecule has 0 aliphatic rings. The minimum Gasteiger partial charge on any atom is -0.497 e. The van der Waals surface area contributed by atoms with E-state index in [1.807, 2.05) is 57.4 Å².